The third kappa shape index (κ3) is 3.07. The van der Waals surface area contributed by atoms with E-state index in [0.29, 0.717) is 17.3 Å². The molecule has 0 atom stereocenters. The molecule has 0 unspecified atom stereocenters. The summed E-state index contributed by atoms with van der Waals surface area (Å²) >= 11 is 0. The van der Waals surface area contributed by atoms with Crippen LogP contribution in [0.5, 0.6) is 11.5 Å². The van der Waals surface area contributed by atoms with Gasteiger partial charge in [0.15, 0.2) is 17.3 Å². The summed E-state index contributed by atoms with van der Waals surface area (Å²) in [7, 11) is 3.13. The highest BCUT2D eigenvalue weighted by molar-refractivity contribution is 5.91. The number of ether oxygens (including phenoxy) is 2. The zero-order valence-electron chi connectivity index (χ0n) is 10.8. The topological polar surface area (TPSA) is 60.7 Å². The van der Waals surface area contributed by atoms with E-state index in [4.69, 9.17) is 13.9 Å². The monoisotopic (exact) mass is 261 g/mol. The lowest BCUT2D eigenvalue weighted by molar-refractivity contribution is 0.0931. The summed E-state index contributed by atoms with van der Waals surface area (Å²) in [6.45, 7) is 0.233. The van der Waals surface area contributed by atoms with Gasteiger partial charge in [-0.2, -0.15) is 0 Å². The molecule has 0 aliphatic carbocycles. The molecule has 5 nitrogen and oxygen atoms in total. The Labute approximate surface area is 111 Å². The first-order chi connectivity index (χ1) is 9.24. The third-order valence-electron chi connectivity index (χ3n) is 2.55. The molecule has 0 bridgehead atoms. The van der Waals surface area contributed by atoms with Crippen LogP contribution in [0.25, 0.3) is 0 Å². The predicted molar refractivity (Wildman–Crippen MR) is 69.4 cm³/mol. The van der Waals surface area contributed by atoms with Gasteiger partial charge in [0, 0.05) is 7.05 Å². The molecule has 0 radical (unpaired) electrons. The molecule has 0 saturated heterocycles. The quantitative estimate of drug-likeness (QED) is 0.896. The molecule has 100 valence electrons. The van der Waals surface area contributed by atoms with Gasteiger partial charge in [-0.05, 0) is 24.3 Å². The van der Waals surface area contributed by atoms with E-state index in [1.807, 2.05) is 18.2 Å². The van der Waals surface area contributed by atoms with Crippen LogP contribution in [0.15, 0.2) is 40.8 Å². The van der Waals surface area contributed by atoms with Gasteiger partial charge in [0.1, 0.15) is 12.4 Å². The van der Waals surface area contributed by atoms with Crippen molar-refractivity contribution in [2.45, 2.75) is 6.61 Å². The summed E-state index contributed by atoms with van der Waals surface area (Å²) in [4.78, 5) is 11.3. The lowest BCUT2D eigenvalue weighted by atomic mass is 10.3. The van der Waals surface area contributed by atoms with Crippen molar-refractivity contribution in [3.63, 3.8) is 0 Å². The van der Waals surface area contributed by atoms with Crippen molar-refractivity contribution in [3.05, 3.63) is 47.9 Å². The van der Waals surface area contributed by atoms with Gasteiger partial charge in [-0.15, -0.1) is 0 Å². The zero-order chi connectivity index (χ0) is 13.7. The average Bonchev–Trinajstić information content (AvgIpc) is 2.93. The van der Waals surface area contributed by atoms with Crippen LogP contribution >= 0.6 is 0 Å². The van der Waals surface area contributed by atoms with Crippen molar-refractivity contribution in [3.8, 4) is 11.5 Å². The molecule has 0 fully saturated rings. The van der Waals surface area contributed by atoms with E-state index in [2.05, 4.69) is 5.32 Å². The first-order valence-electron chi connectivity index (χ1n) is 5.81. The number of rotatable bonds is 5. The smallest absolute Gasteiger partial charge is 0.286 e. The first kappa shape index (κ1) is 13.0. The summed E-state index contributed by atoms with van der Waals surface area (Å²) in [5.74, 6) is 1.86. The highest BCUT2D eigenvalue weighted by atomic mass is 16.5. The van der Waals surface area contributed by atoms with Crippen LogP contribution in [0.3, 0.4) is 0 Å². The number of hydrogen-bond donors (Lipinski definition) is 1. The number of furan rings is 1. The van der Waals surface area contributed by atoms with E-state index < -0.39 is 0 Å². The van der Waals surface area contributed by atoms with Gasteiger partial charge in [0.05, 0.1) is 7.11 Å². The van der Waals surface area contributed by atoms with E-state index in [0.717, 1.165) is 0 Å². The number of carbonyl (C=O) groups is 1. The van der Waals surface area contributed by atoms with Crippen molar-refractivity contribution in [2.75, 3.05) is 14.2 Å². The standard InChI is InChI=1S/C14H15NO4/c1-15-14(16)13-8-7-10(19-13)9-18-12-6-4-3-5-11(12)17-2/h3-8H,9H2,1-2H3,(H,15,16). The average molecular weight is 261 g/mol. The minimum Gasteiger partial charge on any atom is -0.493 e. The van der Waals surface area contributed by atoms with Crippen LogP contribution in [0.4, 0.5) is 0 Å². The molecule has 0 saturated carbocycles. The van der Waals surface area contributed by atoms with Crippen molar-refractivity contribution >= 4 is 5.91 Å². The van der Waals surface area contributed by atoms with Gasteiger partial charge in [0.2, 0.25) is 0 Å². The van der Waals surface area contributed by atoms with Crippen LogP contribution in [0.2, 0.25) is 0 Å². The Hall–Kier alpha value is -2.43. The van der Waals surface area contributed by atoms with Crippen molar-refractivity contribution in [2.24, 2.45) is 0 Å². The molecule has 0 spiro atoms. The molecule has 1 aromatic carbocycles. The Kier molecular flexibility index (Phi) is 4.07. The van der Waals surface area contributed by atoms with E-state index in [-0.39, 0.29) is 18.3 Å². The fourth-order valence-corrected chi connectivity index (χ4v) is 1.59. The van der Waals surface area contributed by atoms with E-state index in [1.165, 1.54) is 0 Å². The summed E-state index contributed by atoms with van der Waals surface area (Å²) < 4.78 is 16.1. The normalized spacial score (nSPS) is 10.0. The number of benzene rings is 1. The number of carbonyl (C=O) groups excluding carboxylic acids is 1. The third-order valence-corrected chi connectivity index (χ3v) is 2.55. The Morgan fingerprint density at radius 2 is 1.95 bits per heavy atom. The van der Waals surface area contributed by atoms with Crippen molar-refractivity contribution in [1.82, 2.24) is 5.32 Å². The zero-order valence-corrected chi connectivity index (χ0v) is 10.8. The second-order valence-corrected chi connectivity index (χ2v) is 3.78. The fourth-order valence-electron chi connectivity index (χ4n) is 1.59. The number of amides is 1. The van der Waals surface area contributed by atoms with Crippen LogP contribution in [0.1, 0.15) is 16.3 Å². The predicted octanol–water partition coefficient (Wildman–Crippen LogP) is 2.23. The lowest BCUT2D eigenvalue weighted by Gasteiger charge is -2.08. The summed E-state index contributed by atoms with van der Waals surface area (Å²) in [5.41, 5.74) is 0. The molecule has 19 heavy (non-hydrogen) atoms. The summed E-state index contributed by atoms with van der Waals surface area (Å²) in [6, 6.07) is 10.7. The van der Waals surface area contributed by atoms with Crippen LogP contribution in [-0.4, -0.2) is 20.1 Å². The van der Waals surface area contributed by atoms with Crippen LogP contribution in [0, 0.1) is 0 Å². The van der Waals surface area contributed by atoms with Gasteiger partial charge in [-0.1, -0.05) is 12.1 Å². The minimum absolute atomic E-state index is 0.233. The lowest BCUT2D eigenvalue weighted by Crippen LogP contribution is -2.16. The number of nitrogens with one attached hydrogen (secondary N) is 1. The van der Waals surface area contributed by atoms with E-state index in [1.54, 1.807) is 32.4 Å². The maximum Gasteiger partial charge on any atom is 0.286 e. The number of para-hydroxylation sites is 2. The highest BCUT2D eigenvalue weighted by Crippen LogP contribution is 2.26. The van der Waals surface area contributed by atoms with Gasteiger partial charge in [0.25, 0.3) is 5.91 Å². The number of hydrogen-bond acceptors (Lipinski definition) is 4. The molecule has 1 heterocycles. The van der Waals surface area contributed by atoms with Gasteiger partial charge >= 0.3 is 0 Å². The second-order valence-electron chi connectivity index (χ2n) is 3.78. The van der Waals surface area contributed by atoms with E-state index in [9.17, 15) is 4.79 Å². The molecule has 2 aromatic rings. The molecule has 1 aromatic heterocycles. The van der Waals surface area contributed by atoms with Crippen LogP contribution < -0.4 is 14.8 Å². The Morgan fingerprint density at radius 1 is 1.21 bits per heavy atom. The maximum absolute atomic E-state index is 11.3. The summed E-state index contributed by atoms with van der Waals surface area (Å²) in [5, 5.41) is 2.49. The number of methoxy groups -OCH3 is 1. The molecule has 0 aliphatic heterocycles. The Morgan fingerprint density at radius 3 is 2.63 bits per heavy atom. The molecule has 1 amide bonds. The van der Waals surface area contributed by atoms with Gasteiger partial charge in [-0.25, -0.2) is 0 Å². The SMILES string of the molecule is CNC(=O)c1ccc(COc2ccccc2OC)o1. The molecular weight excluding hydrogens is 246 g/mol. The summed E-state index contributed by atoms with van der Waals surface area (Å²) in [6.07, 6.45) is 0. The van der Waals surface area contributed by atoms with E-state index >= 15 is 0 Å². The minimum atomic E-state index is -0.261. The van der Waals surface area contributed by atoms with Gasteiger partial charge < -0.3 is 19.2 Å². The van der Waals surface area contributed by atoms with Gasteiger partial charge in [-0.3, -0.25) is 4.79 Å². The Balaban J connectivity index is 2.02. The fraction of sp³-hybridized carbons (Fsp3) is 0.214. The van der Waals surface area contributed by atoms with Crippen molar-refractivity contribution < 1.29 is 18.7 Å². The largest absolute Gasteiger partial charge is 0.493 e. The highest BCUT2D eigenvalue weighted by Gasteiger charge is 2.10. The molecule has 2 rings (SSSR count). The molecule has 1 N–H and O–H groups in total. The molecule has 0 aliphatic rings. The second kappa shape index (κ2) is 5.95. The Bertz CT molecular complexity index is 562. The maximum atomic E-state index is 11.3. The first-order valence-corrected chi connectivity index (χ1v) is 5.81. The van der Waals surface area contributed by atoms with Crippen molar-refractivity contribution in [1.29, 1.82) is 0 Å². The molecular formula is C14H15NO4. The molecule has 5 heteroatoms. The van der Waals surface area contributed by atoms with Crippen LogP contribution in [-0.2, 0) is 6.61 Å².